The van der Waals surface area contributed by atoms with Gasteiger partial charge in [-0.2, -0.15) is 10.1 Å². The van der Waals surface area contributed by atoms with Crippen LogP contribution >= 0.6 is 0 Å². The van der Waals surface area contributed by atoms with Crippen LogP contribution in [0.1, 0.15) is 44.4 Å². The number of H-pyrrole nitrogens is 1. The molecule has 1 aromatic carbocycles. The van der Waals surface area contributed by atoms with E-state index < -0.39 is 24.1 Å². The monoisotopic (exact) mass is 538 g/mol. The van der Waals surface area contributed by atoms with Crippen LogP contribution in [0.25, 0.3) is 16.6 Å². The number of halogens is 3. The second-order valence-electron chi connectivity index (χ2n) is 7.71. The molecule has 1 unspecified atom stereocenters. The first-order valence-electron chi connectivity index (χ1n) is 11.6. The van der Waals surface area contributed by atoms with Crippen LogP contribution in [0.5, 0.6) is 11.6 Å². The van der Waals surface area contributed by atoms with Gasteiger partial charge >= 0.3 is 0 Å². The number of benzene rings is 1. The molecule has 0 amide bonds. The van der Waals surface area contributed by atoms with Crippen LogP contribution in [-0.2, 0) is 11.0 Å². The topological polar surface area (TPSA) is 107 Å². The molecular weight excluding hydrogens is 509 g/mol. The Morgan fingerprint density at radius 2 is 1.97 bits per heavy atom. The SMILES string of the molecule is CCCC.COc1nc(NS(=O)c2c[nH]c3c(-n4cccn4)c(C(F)F)ccc23)nc(C)c1OCCF. The molecule has 9 nitrogen and oxygen atoms in total. The molecule has 0 aliphatic heterocycles. The number of methoxy groups -OCH3 is 1. The van der Waals surface area contributed by atoms with Crippen molar-refractivity contribution in [2.24, 2.45) is 0 Å². The van der Waals surface area contributed by atoms with Crippen molar-refractivity contribution in [3.63, 3.8) is 0 Å². The number of ether oxygens (including phenoxy) is 2. The van der Waals surface area contributed by atoms with Gasteiger partial charge in [0.1, 0.15) is 13.3 Å². The summed E-state index contributed by atoms with van der Waals surface area (Å²) in [5.74, 6) is 0.222. The molecule has 0 radical (unpaired) electrons. The van der Waals surface area contributed by atoms with Crippen molar-refractivity contribution >= 4 is 27.8 Å². The third-order valence-corrected chi connectivity index (χ3v) is 6.30. The first kappa shape index (κ1) is 28.0. The van der Waals surface area contributed by atoms with Gasteiger partial charge in [-0.25, -0.2) is 27.0 Å². The number of unbranched alkanes of at least 4 members (excludes halogenated alkanes) is 1. The third kappa shape index (κ3) is 6.40. The molecule has 13 heteroatoms. The maximum atomic E-state index is 13.6. The highest BCUT2D eigenvalue weighted by Crippen LogP contribution is 2.34. The van der Waals surface area contributed by atoms with E-state index in [0.29, 0.717) is 21.5 Å². The van der Waals surface area contributed by atoms with Crippen LogP contribution in [0.4, 0.5) is 19.1 Å². The number of anilines is 1. The van der Waals surface area contributed by atoms with Crippen LogP contribution in [0.15, 0.2) is 41.7 Å². The van der Waals surface area contributed by atoms with Crippen molar-refractivity contribution in [2.45, 2.75) is 44.9 Å². The Kier molecular flexibility index (Phi) is 9.89. The van der Waals surface area contributed by atoms with Gasteiger partial charge in [-0.3, -0.25) is 4.72 Å². The molecule has 0 spiro atoms. The molecule has 37 heavy (non-hydrogen) atoms. The maximum absolute atomic E-state index is 13.6. The lowest BCUT2D eigenvalue weighted by Gasteiger charge is -2.13. The fourth-order valence-corrected chi connectivity index (χ4v) is 4.22. The van der Waals surface area contributed by atoms with Gasteiger partial charge in [0.05, 0.1) is 28.9 Å². The van der Waals surface area contributed by atoms with E-state index in [1.54, 1.807) is 19.2 Å². The normalized spacial score (nSPS) is 11.8. The smallest absolute Gasteiger partial charge is 0.266 e. The molecule has 0 bridgehead atoms. The van der Waals surface area contributed by atoms with Gasteiger partial charge in [-0.1, -0.05) is 38.8 Å². The molecule has 4 rings (SSSR count). The number of aromatic nitrogens is 5. The summed E-state index contributed by atoms with van der Waals surface area (Å²) in [5.41, 5.74) is 0.660. The van der Waals surface area contributed by atoms with E-state index in [1.165, 1.54) is 49.2 Å². The van der Waals surface area contributed by atoms with Crippen molar-refractivity contribution in [2.75, 3.05) is 25.1 Å². The van der Waals surface area contributed by atoms with Crippen molar-refractivity contribution in [1.82, 2.24) is 24.7 Å². The predicted octanol–water partition coefficient (Wildman–Crippen LogP) is 5.69. The van der Waals surface area contributed by atoms with Gasteiger partial charge in [-0.05, 0) is 13.0 Å². The number of aromatic amines is 1. The molecule has 3 aromatic heterocycles. The van der Waals surface area contributed by atoms with E-state index in [2.05, 4.69) is 38.6 Å². The number of hydrogen-bond donors (Lipinski definition) is 2. The summed E-state index contributed by atoms with van der Waals surface area (Å²) < 4.78 is 67.3. The van der Waals surface area contributed by atoms with Crippen LogP contribution < -0.4 is 14.2 Å². The number of hydrogen-bond acceptors (Lipinski definition) is 6. The maximum Gasteiger partial charge on any atom is 0.266 e. The molecule has 0 aliphatic rings. The predicted molar refractivity (Wildman–Crippen MR) is 136 cm³/mol. The highest BCUT2D eigenvalue weighted by Gasteiger charge is 2.22. The molecule has 4 aromatic rings. The average molecular weight is 539 g/mol. The number of fused-ring (bicyclic) bond motifs is 1. The average Bonchev–Trinajstić information content (AvgIpc) is 3.57. The molecule has 0 fully saturated rings. The summed E-state index contributed by atoms with van der Waals surface area (Å²) in [6, 6.07) is 4.36. The molecule has 200 valence electrons. The Hall–Kier alpha value is -3.61. The second-order valence-corrected chi connectivity index (χ2v) is 8.89. The van der Waals surface area contributed by atoms with E-state index >= 15 is 0 Å². The molecule has 0 aliphatic carbocycles. The summed E-state index contributed by atoms with van der Waals surface area (Å²) in [4.78, 5) is 11.5. The lowest BCUT2D eigenvalue weighted by atomic mass is 10.1. The Bertz CT molecular complexity index is 1330. The Balaban J connectivity index is 0.000000886. The molecule has 2 N–H and O–H groups in total. The van der Waals surface area contributed by atoms with E-state index in [4.69, 9.17) is 9.47 Å². The summed E-state index contributed by atoms with van der Waals surface area (Å²) in [5, 5.41) is 4.52. The number of rotatable bonds is 10. The van der Waals surface area contributed by atoms with E-state index in [1.807, 2.05) is 0 Å². The van der Waals surface area contributed by atoms with Crippen molar-refractivity contribution < 1.29 is 26.9 Å². The first-order chi connectivity index (χ1) is 17.9. The third-order valence-electron chi connectivity index (χ3n) is 5.20. The summed E-state index contributed by atoms with van der Waals surface area (Å²) in [7, 11) is -0.498. The highest BCUT2D eigenvalue weighted by molar-refractivity contribution is 7.86. The van der Waals surface area contributed by atoms with E-state index in [9.17, 15) is 17.4 Å². The van der Waals surface area contributed by atoms with Gasteiger partial charge in [0, 0.05) is 29.5 Å². The number of nitrogens with zero attached hydrogens (tertiary/aromatic N) is 4. The standard InChI is InChI=1S/C20H19F3N6O3S.C4H10/c1-11-17(32-9-6-21)19(31-2)27-20(26-11)28-33(30)14-10-24-15-12(14)4-5-13(18(22)23)16(15)29-8-3-7-25-29;1-3-4-2/h3-5,7-8,10,18,24H,6,9H2,1-2H3,(H,26,27,28);3-4H2,1-2H3. The first-order valence-corrected chi connectivity index (χ1v) is 12.7. The van der Waals surface area contributed by atoms with Gasteiger partial charge < -0.3 is 14.5 Å². The zero-order valence-electron chi connectivity index (χ0n) is 20.9. The van der Waals surface area contributed by atoms with Gasteiger partial charge in [0.25, 0.3) is 12.3 Å². The molecule has 0 saturated carbocycles. The van der Waals surface area contributed by atoms with Crippen LogP contribution in [0.2, 0.25) is 0 Å². The van der Waals surface area contributed by atoms with Gasteiger partial charge in [-0.15, -0.1) is 0 Å². The number of nitrogens with one attached hydrogen (secondary N) is 2. The highest BCUT2D eigenvalue weighted by atomic mass is 32.2. The Morgan fingerprint density at radius 1 is 1.22 bits per heavy atom. The minimum Gasteiger partial charge on any atom is -0.484 e. The second kappa shape index (κ2) is 13.1. The fourth-order valence-electron chi connectivity index (χ4n) is 3.32. The fraction of sp³-hybridized carbons (Fsp3) is 0.375. The van der Waals surface area contributed by atoms with Crippen LogP contribution in [0, 0.1) is 6.92 Å². The van der Waals surface area contributed by atoms with Crippen LogP contribution in [-0.4, -0.2) is 49.3 Å². The van der Waals surface area contributed by atoms with Crippen molar-refractivity contribution in [3.8, 4) is 17.3 Å². The lowest BCUT2D eigenvalue weighted by molar-refractivity contribution is 0.151. The molecule has 3 heterocycles. The minimum absolute atomic E-state index is 0.0128. The molecular formula is C24H29F3N6O3S. The van der Waals surface area contributed by atoms with Crippen LogP contribution in [0.3, 0.4) is 0 Å². The Labute approximate surface area is 215 Å². The van der Waals surface area contributed by atoms with Gasteiger partial charge in [0.2, 0.25) is 11.7 Å². The largest absolute Gasteiger partial charge is 0.484 e. The number of alkyl halides is 3. The quantitative estimate of drug-likeness (QED) is 0.269. The van der Waals surface area contributed by atoms with E-state index in [0.717, 1.165) is 0 Å². The Morgan fingerprint density at radius 3 is 2.57 bits per heavy atom. The zero-order valence-corrected chi connectivity index (χ0v) is 21.7. The van der Waals surface area contributed by atoms with Crippen molar-refractivity contribution in [3.05, 3.63) is 48.0 Å². The summed E-state index contributed by atoms with van der Waals surface area (Å²) >= 11 is 0. The minimum atomic E-state index is -2.73. The van der Waals surface area contributed by atoms with Gasteiger partial charge in [0.15, 0.2) is 11.0 Å². The summed E-state index contributed by atoms with van der Waals surface area (Å²) in [6.45, 7) is 5.09. The molecule has 0 saturated heterocycles. The molecule has 1 atom stereocenters. The number of aryl methyl sites for hydroxylation is 1. The zero-order chi connectivity index (χ0) is 26.9. The lowest BCUT2D eigenvalue weighted by Crippen LogP contribution is -2.11. The van der Waals surface area contributed by atoms with E-state index in [-0.39, 0.29) is 35.4 Å². The van der Waals surface area contributed by atoms with Crippen molar-refractivity contribution in [1.29, 1.82) is 0 Å². The summed E-state index contributed by atoms with van der Waals surface area (Å²) in [6.07, 6.45) is 4.39.